The van der Waals surface area contributed by atoms with Gasteiger partial charge in [0.15, 0.2) is 11.6 Å². The summed E-state index contributed by atoms with van der Waals surface area (Å²) < 4.78 is 18.5. The number of rotatable bonds is 3. The summed E-state index contributed by atoms with van der Waals surface area (Å²) in [7, 11) is 2.88. The van der Waals surface area contributed by atoms with Crippen molar-refractivity contribution in [3.63, 3.8) is 0 Å². The minimum atomic E-state index is -1.06. The highest BCUT2D eigenvalue weighted by atomic mass is 19.1. The van der Waals surface area contributed by atoms with Crippen LogP contribution in [0.2, 0.25) is 0 Å². The molecule has 2 unspecified atom stereocenters. The molecule has 1 fully saturated rings. The molecule has 0 radical (unpaired) electrons. The van der Waals surface area contributed by atoms with Crippen molar-refractivity contribution >= 4 is 11.9 Å². The third-order valence-corrected chi connectivity index (χ3v) is 3.42. The fourth-order valence-corrected chi connectivity index (χ4v) is 2.41. The summed E-state index contributed by atoms with van der Waals surface area (Å²) in [6.07, 6.45) is -0.0653. The number of carbonyl (C=O) groups is 2. The molecule has 19 heavy (non-hydrogen) atoms. The Labute approximate surface area is 109 Å². The largest absolute Gasteiger partial charge is 0.494 e. The number of carboxylic acid groups (broad SMARTS) is 1. The molecule has 2 rings (SSSR count). The van der Waals surface area contributed by atoms with E-state index in [4.69, 9.17) is 9.84 Å². The van der Waals surface area contributed by atoms with Gasteiger partial charge in [0.05, 0.1) is 19.1 Å². The molecule has 2 atom stereocenters. The number of nitrogens with zero attached hydrogens (tertiary/aromatic N) is 1. The maximum absolute atomic E-state index is 13.7. The van der Waals surface area contributed by atoms with Crippen LogP contribution in [0.3, 0.4) is 0 Å². The molecular formula is C13H14FNO4. The van der Waals surface area contributed by atoms with Gasteiger partial charge in [0.25, 0.3) is 0 Å². The minimum absolute atomic E-state index is 0.0653. The van der Waals surface area contributed by atoms with E-state index in [9.17, 15) is 14.0 Å². The Morgan fingerprint density at radius 2 is 2.21 bits per heavy atom. The lowest BCUT2D eigenvalue weighted by Crippen LogP contribution is -2.27. The van der Waals surface area contributed by atoms with Gasteiger partial charge in [-0.25, -0.2) is 4.39 Å². The van der Waals surface area contributed by atoms with Crippen molar-refractivity contribution in [1.29, 1.82) is 0 Å². The summed E-state index contributed by atoms with van der Waals surface area (Å²) >= 11 is 0. The molecular weight excluding hydrogens is 253 g/mol. The summed E-state index contributed by atoms with van der Waals surface area (Å²) in [5, 5.41) is 9.15. The maximum atomic E-state index is 13.7. The molecule has 0 aromatic heterocycles. The van der Waals surface area contributed by atoms with Crippen molar-refractivity contribution in [2.24, 2.45) is 5.92 Å². The molecule has 1 aliphatic rings. The zero-order valence-corrected chi connectivity index (χ0v) is 10.6. The first kappa shape index (κ1) is 13.3. The summed E-state index contributed by atoms with van der Waals surface area (Å²) in [6, 6.07) is 3.58. The predicted molar refractivity (Wildman–Crippen MR) is 64.2 cm³/mol. The fraction of sp³-hybridized carbons (Fsp3) is 0.385. The lowest BCUT2D eigenvalue weighted by molar-refractivity contribution is -0.142. The third kappa shape index (κ3) is 2.25. The van der Waals surface area contributed by atoms with Gasteiger partial charge in [-0.1, -0.05) is 6.07 Å². The van der Waals surface area contributed by atoms with Gasteiger partial charge in [0, 0.05) is 13.5 Å². The first-order chi connectivity index (χ1) is 8.95. The Bertz CT molecular complexity index is 531. The van der Waals surface area contributed by atoms with E-state index in [-0.39, 0.29) is 18.1 Å². The average molecular weight is 267 g/mol. The van der Waals surface area contributed by atoms with Gasteiger partial charge in [-0.3, -0.25) is 9.59 Å². The van der Waals surface area contributed by atoms with Crippen molar-refractivity contribution in [2.45, 2.75) is 12.5 Å². The Balaban J connectivity index is 2.40. The fourth-order valence-electron chi connectivity index (χ4n) is 2.41. The van der Waals surface area contributed by atoms with E-state index in [0.29, 0.717) is 5.56 Å². The highest BCUT2D eigenvalue weighted by Gasteiger charge is 2.42. The Morgan fingerprint density at radius 3 is 2.74 bits per heavy atom. The zero-order chi connectivity index (χ0) is 14.2. The van der Waals surface area contributed by atoms with Crippen LogP contribution in [-0.4, -0.2) is 36.0 Å². The van der Waals surface area contributed by atoms with Crippen LogP contribution in [0.25, 0.3) is 0 Å². The van der Waals surface area contributed by atoms with Crippen LogP contribution < -0.4 is 4.74 Å². The summed E-state index contributed by atoms with van der Waals surface area (Å²) in [5.41, 5.74) is 0.457. The van der Waals surface area contributed by atoms with Crippen LogP contribution in [0.5, 0.6) is 5.75 Å². The van der Waals surface area contributed by atoms with Gasteiger partial charge in [0.1, 0.15) is 0 Å². The molecule has 1 aliphatic heterocycles. The number of benzene rings is 1. The number of carbonyl (C=O) groups excluding carboxylic acids is 1. The third-order valence-electron chi connectivity index (χ3n) is 3.42. The zero-order valence-electron chi connectivity index (χ0n) is 10.6. The SMILES string of the molecule is COc1ccc(C2C(C(=O)O)CC(=O)N2C)cc1F. The van der Waals surface area contributed by atoms with E-state index in [1.807, 2.05) is 0 Å². The molecule has 0 saturated carbocycles. The number of amides is 1. The predicted octanol–water partition coefficient (Wildman–Crippen LogP) is 1.44. The topological polar surface area (TPSA) is 66.8 Å². The van der Waals surface area contributed by atoms with E-state index in [2.05, 4.69) is 0 Å². The first-order valence-corrected chi connectivity index (χ1v) is 5.77. The molecule has 0 spiro atoms. The molecule has 1 aromatic rings. The van der Waals surface area contributed by atoms with Crippen molar-refractivity contribution in [3.8, 4) is 5.75 Å². The standard InChI is InChI=1S/C13H14FNO4/c1-15-11(16)6-8(13(17)18)12(15)7-3-4-10(19-2)9(14)5-7/h3-5,8,12H,6H2,1-2H3,(H,17,18). The first-order valence-electron chi connectivity index (χ1n) is 5.77. The van der Waals surface area contributed by atoms with Gasteiger partial charge in [0.2, 0.25) is 5.91 Å². The molecule has 5 nitrogen and oxygen atoms in total. The maximum Gasteiger partial charge on any atom is 0.309 e. The molecule has 1 N–H and O–H groups in total. The number of carboxylic acids is 1. The lowest BCUT2D eigenvalue weighted by atomic mass is 9.94. The number of aliphatic carboxylic acids is 1. The van der Waals surface area contributed by atoms with Crippen LogP contribution in [0.1, 0.15) is 18.0 Å². The van der Waals surface area contributed by atoms with Crippen molar-refractivity contribution in [1.82, 2.24) is 4.90 Å². The number of ether oxygens (including phenoxy) is 1. The Kier molecular flexibility index (Phi) is 3.42. The number of hydrogen-bond donors (Lipinski definition) is 1. The number of likely N-dealkylation sites (tertiary alicyclic amines) is 1. The second-order valence-electron chi connectivity index (χ2n) is 4.49. The second kappa shape index (κ2) is 4.87. The average Bonchev–Trinajstić information content (AvgIpc) is 2.66. The van der Waals surface area contributed by atoms with E-state index in [0.717, 1.165) is 0 Å². The highest BCUT2D eigenvalue weighted by molar-refractivity contribution is 5.87. The summed E-state index contributed by atoms with van der Waals surface area (Å²) in [6.45, 7) is 0. The van der Waals surface area contributed by atoms with Gasteiger partial charge in [-0.05, 0) is 17.7 Å². The normalized spacial score (nSPS) is 22.7. The van der Waals surface area contributed by atoms with Crippen molar-refractivity contribution in [3.05, 3.63) is 29.6 Å². The van der Waals surface area contributed by atoms with Crippen LogP contribution >= 0.6 is 0 Å². The summed E-state index contributed by atoms with van der Waals surface area (Å²) in [4.78, 5) is 24.2. The molecule has 1 aromatic carbocycles. The molecule has 0 aliphatic carbocycles. The van der Waals surface area contributed by atoms with Gasteiger partial charge in [-0.15, -0.1) is 0 Å². The quantitative estimate of drug-likeness (QED) is 0.899. The van der Waals surface area contributed by atoms with Gasteiger partial charge < -0.3 is 14.7 Å². The van der Waals surface area contributed by atoms with Crippen LogP contribution in [0, 0.1) is 11.7 Å². The Hall–Kier alpha value is -2.11. The second-order valence-corrected chi connectivity index (χ2v) is 4.49. The number of halogens is 1. The van der Waals surface area contributed by atoms with E-state index >= 15 is 0 Å². The Morgan fingerprint density at radius 1 is 1.53 bits per heavy atom. The number of hydrogen-bond acceptors (Lipinski definition) is 3. The van der Waals surface area contributed by atoms with Gasteiger partial charge in [-0.2, -0.15) is 0 Å². The van der Waals surface area contributed by atoms with Crippen LogP contribution in [-0.2, 0) is 9.59 Å². The van der Waals surface area contributed by atoms with E-state index in [1.165, 1.54) is 31.2 Å². The summed E-state index contributed by atoms with van der Waals surface area (Å²) in [5.74, 6) is -2.66. The van der Waals surface area contributed by atoms with E-state index < -0.39 is 23.7 Å². The van der Waals surface area contributed by atoms with E-state index in [1.54, 1.807) is 6.07 Å². The van der Waals surface area contributed by atoms with Crippen LogP contribution in [0.15, 0.2) is 18.2 Å². The molecule has 1 amide bonds. The molecule has 6 heteroatoms. The van der Waals surface area contributed by atoms with Gasteiger partial charge >= 0.3 is 5.97 Å². The molecule has 102 valence electrons. The molecule has 1 saturated heterocycles. The lowest BCUT2D eigenvalue weighted by Gasteiger charge is -2.23. The van der Waals surface area contributed by atoms with Crippen molar-refractivity contribution < 1.29 is 23.8 Å². The molecule has 1 heterocycles. The molecule has 0 bridgehead atoms. The van der Waals surface area contributed by atoms with Crippen molar-refractivity contribution in [2.75, 3.05) is 14.2 Å². The smallest absolute Gasteiger partial charge is 0.309 e. The minimum Gasteiger partial charge on any atom is -0.494 e. The number of methoxy groups -OCH3 is 1. The highest BCUT2D eigenvalue weighted by Crippen LogP contribution is 2.38. The monoisotopic (exact) mass is 267 g/mol. The van der Waals surface area contributed by atoms with Crippen LogP contribution in [0.4, 0.5) is 4.39 Å².